The lowest BCUT2D eigenvalue weighted by molar-refractivity contribution is 0.171. The van der Waals surface area contributed by atoms with E-state index in [-0.39, 0.29) is 0 Å². The molecule has 0 spiro atoms. The minimum absolute atomic E-state index is 0.458. The molecular formula is C10H10NO3. The Bertz CT molecular complexity index is 338. The Kier molecular flexibility index (Phi) is 2.53. The van der Waals surface area contributed by atoms with Crippen LogP contribution in [0.3, 0.4) is 0 Å². The normalized spacial score (nSPS) is 13.4. The summed E-state index contributed by atoms with van der Waals surface area (Å²) in [5.41, 5.74) is 0.970. The Hall–Kier alpha value is -1.71. The van der Waals surface area contributed by atoms with E-state index in [4.69, 9.17) is 9.47 Å². The minimum atomic E-state index is 0.458. The van der Waals surface area contributed by atoms with Gasteiger partial charge in [-0.15, -0.1) is 0 Å². The standard InChI is InChI=1S/C10H10NO3/c12-7-11-6-8-1-2-9-10(5-8)14-4-3-13-9/h1-2,5H,3-4,6H2,(H,11,12). The van der Waals surface area contributed by atoms with Crippen LogP contribution in [0.25, 0.3) is 0 Å². The molecule has 1 heterocycles. The first-order valence-corrected chi connectivity index (χ1v) is 4.38. The number of nitrogens with one attached hydrogen (secondary N) is 1. The van der Waals surface area contributed by atoms with E-state index in [1.807, 2.05) is 18.2 Å². The van der Waals surface area contributed by atoms with Crippen LogP contribution in [0.4, 0.5) is 0 Å². The lowest BCUT2D eigenvalue weighted by Crippen LogP contribution is -2.16. The maximum atomic E-state index is 9.97. The topological polar surface area (TPSA) is 47.6 Å². The largest absolute Gasteiger partial charge is 0.486 e. The van der Waals surface area contributed by atoms with Gasteiger partial charge in [0, 0.05) is 6.54 Å². The second kappa shape index (κ2) is 4.00. The Morgan fingerprint density at radius 1 is 1.29 bits per heavy atom. The minimum Gasteiger partial charge on any atom is -0.486 e. The van der Waals surface area contributed by atoms with Gasteiger partial charge in [-0.3, -0.25) is 4.79 Å². The van der Waals surface area contributed by atoms with E-state index in [9.17, 15) is 4.79 Å². The Labute approximate surface area is 81.8 Å². The molecule has 1 aliphatic rings. The van der Waals surface area contributed by atoms with Gasteiger partial charge in [0.1, 0.15) is 13.2 Å². The number of ether oxygens (including phenoxy) is 2. The van der Waals surface area contributed by atoms with Crippen molar-refractivity contribution in [2.45, 2.75) is 6.54 Å². The highest BCUT2D eigenvalue weighted by molar-refractivity contribution is 5.48. The van der Waals surface area contributed by atoms with E-state index in [2.05, 4.69) is 5.32 Å². The van der Waals surface area contributed by atoms with Gasteiger partial charge in [0.25, 0.3) is 0 Å². The molecule has 1 radical (unpaired) electrons. The van der Waals surface area contributed by atoms with E-state index < -0.39 is 0 Å². The number of hydrogen-bond acceptors (Lipinski definition) is 3. The molecule has 1 amide bonds. The highest BCUT2D eigenvalue weighted by Gasteiger charge is 2.11. The molecule has 0 saturated heterocycles. The van der Waals surface area contributed by atoms with Gasteiger partial charge in [-0.25, -0.2) is 0 Å². The average molecular weight is 192 g/mol. The summed E-state index contributed by atoms with van der Waals surface area (Å²) in [6.07, 6.45) is 1.62. The molecule has 0 atom stereocenters. The maximum absolute atomic E-state index is 9.97. The third-order valence-corrected chi connectivity index (χ3v) is 1.97. The van der Waals surface area contributed by atoms with E-state index in [0.717, 1.165) is 17.1 Å². The van der Waals surface area contributed by atoms with E-state index in [0.29, 0.717) is 19.8 Å². The van der Waals surface area contributed by atoms with Crippen molar-refractivity contribution in [3.05, 3.63) is 23.8 Å². The van der Waals surface area contributed by atoms with E-state index in [1.165, 1.54) is 0 Å². The highest BCUT2D eigenvalue weighted by Crippen LogP contribution is 2.30. The fraction of sp³-hybridized carbons (Fsp3) is 0.300. The quantitative estimate of drug-likeness (QED) is 0.714. The summed E-state index contributed by atoms with van der Waals surface area (Å²) in [7, 11) is 0. The zero-order valence-corrected chi connectivity index (χ0v) is 7.58. The molecule has 1 N–H and O–H groups in total. The lowest BCUT2D eigenvalue weighted by atomic mass is 10.2. The summed E-state index contributed by atoms with van der Waals surface area (Å²) in [5, 5.41) is 2.47. The average Bonchev–Trinajstić information content (AvgIpc) is 2.26. The van der Waals surface area contributed by atoms with Crippen LogP contribution < -0.4 is 14.8 Å². The number of fused-ring (bicyclic) bond motifs is 1. The van der Waals surface area contributed by atoms with Crippen LogP contribution in [-0.2, 0) is 11.3 Å². The first-order chi connectivity index (χ1) is 6.90. The predicted octanol–water partition coefficient (Wildman–Crippen LogP) is 0.615. The molecule has 2 rings (SSSR count). The number of amides is 1. The van der Waals surface area contributed by atoms with Crippen LogP contribution in [0.15, 0.2) is 18.2 Å². The van der Waals surface area contributed by atoms with Crippen LogP contribution in [-0.4, -0.2) is 19.6 Å². The monoisotopic (exact) mass is 192 g/mol. The molecule has 0 unspecified atom stereocenters. The molecule has 4 heteroatoms. The van der Waals surface area contributed by atoms with Gasteiger partial charge < -0.3 is 14.8 Å². The van der Waals surface area contributed by atoms with Gasteiger partial charge in [-0.1, -0.05) is 6.07 Å². The van der Waals surface area contributed by atoms with Crippen molar-refractivity contribution in [2.24, 2.45) is 0 Å². The lowest BCUT2D eigenvalue weighted by Gasteiger charge is -2.18. The second-order valence-electron chi connectivity index (χ2n) is 2.93. The molecule has 0 aliphatic carbocycles. The Morgan fingerprint density at radius 2 is 2.07 bits per heavy atom. The van der Waals surface area contributed by atoms with Gasteiger partial charge >= 0.3 is 6.41 Å². The third-order valence-electron chi connectivity index (χ3n) is 1.97. The van der Waals surface area contributed by atoms with E-state index >= 15 is 0 Å². The summed E-state index contributed by atoms with van der Waals surface area (Å²) in [5.74, 6) is 1.50. The van der Waals surface area contributed by atoms with Crippen LogP contribution >= 0.6 is 0 Å². The first-order valence-electron chi connectivity index (χ1n) is 4.38. The van der Waals surface area contributed by atoms with Crippen molar-refractivity contribution in [1.82, 2.24) is 5.32 Å². The number of hydrogen-bond donors (Lipinski definition) is 1. The molecule has 4 nitrogen and oxygen atoms in total. The van der Waals surface area contributed by atoms with Crippen LogP contribution in [0.2, 0.25) is 0 Å². The smallest absolute Gasteiger partial charge is 0.309 e. The summed E-state index contributed by atoms with van der Waals surface area (Å²) < 4.78 is 10.8. The molecule has 0 saturated carbocycles. The molecule has 1 aliphatic heterocycles. The molecule has 73 valence electrons. The molecule has 1 aromatic rings. The molecule has 0 fully saturated rings. The SMILES string of the molecule is O=[C]NCc1ccc2c(c1)OCCO2. The van der Waals surface area contributed by atoms with Crippen molar-refractivity contribution >= 4 is 6.41 Å². The molecular weight excluding hydrogens is 182 g/mol. The molecule has 1 aromatic carbocycles. The second-order valence-corrected chi connectivity index (χ2v) is 2.93. The van der Waals surface area contributed by atoms with Gasteiger partial charge in [0.15, 0.2) is 11.5 Å². The molecule has 14 heavy (non-hydrogen) atoms. The summed E-state index contributed by atoms with van der Waals surface area (Å²) in [6.45, 7) is 1.62. The maximum Gasteiger partial charge on any atom is 0.309 e. The molecule has 0 aromatic heterocycles. The number of benzene rings is 1. The summed E-state index contributed by atoms with van der Waals surface area (Å²) in [4.78, 5) is 9.97. The van der Waals surface area contributed by atoms with Gasteiger partial charge in [0.2, 0.25) is 0 Å². The third kappa shape index (κ3) is 1.79. The predicted molar refractivity (Wildman–Crippen MR) is 50.0 cm³/mol. The van der Waals surface area contributed by atoms with Gasteiger partial charge in [0.05, 0.1) is 0 Å². The Morgan fingerprint density at radius 3 is 2.86 bits per heavy atom. The van der Waals surface area contributed by atoms with Crippen molar-refractivity contribution in [3.63, 3.8) is 0 Å². The summed E-state index contributed by atoms with van der Waals surface area (Å²) in [6, 6.07) is 5.59. The van der Waals surface area contributed by atoms with Crippen molar-refractivity contribution in [1.29, 1.82) is 0 Å². The number of carbonyl (C=O) groups excluding carboxylic acids is 1. The zero-order chi connectivity index (χ0) is 9.80. The number of rotatable bonds is 3. The fourth-order valence-corrected chi connectivity index (χ4v) is 1.34. The first kappa shape index (κ1) is 8.87. The van der Waals surface area contributed by atoms with Gasteiger partial charge in [-0.05, 0) is 17.7 Å². The molecule has 0 bridgehead atoms. The van der Waals surface area contributed by atoms with Gasteiger partial charge in [-0.2, -0.15) is 0 Å². The van der Waals surface area contributed by atoms with Crippen LogP contribution in [0.1, 0.15) is 5.56 Å². The van der Waals surface area contributed by atoms with Crippen LogP contribution in [0.5, 0.6) is 11.5 Å². The van der Waals surface area contributed by atoms with Crippen molar-refractivity contribution in [2.75, 3.05) is 13.2 Å². The zero-order valence-electron chi connectivity index (χ0n) is 7.58. The fourth-order valence-electron chi connectivity index (χ4n) is 1.34. The highest BCUT2D eigenvalue weighted by atomic mass is 16.6. The Balaban J connectivity index is 2.16. The van der Waals surface area contributed by atoms with Crippen molar-refractivity contribution in [3.8, 4) is 11.5 Å². The van der Waals surface area contributed by atoms with E-state index in [1.54, 1.807) is 6.41 Å². The summed E-state index contributed by atoms with van der Waals surface area (Å²) >= 11 is 0. The van der Waals surface area contributed by atoms with Crippen molar-refractivity contribution < 1.29 is 14.3 Å². The van der Waals surface area contributed by atoms with Crippen LogP contribution in [0, 0.1) is 0 Å².